The number of unbranched alkanes of at least 4 members (excludes halogenated alkanes) is 1. The average molecular weight is 290 g/mol. The van der Waals surface area contributed by atoms with E-state index in [4.69, 9.17) is 27.9 Å². The van der Waals surface area contributed by atoms with E-state index in [0.717, 1.165) is 12.8 Å². The van der Waals surface area contributed by atoms with Gasteiger partial charge in [0.25, 0.3) is 5.91 Å². The van der Waals surface area contributed by atoms with E-state index in [-0.39, 0.29) is 5.91 Å². The van der Waals surface area contributed by atoms with Crippen LogP contribution >= 0.6 is 23.2 Å². The van der Waals surface area contributed by atoms with Crippen molar-refractivity contribution in [2.45, 2.75) is 32.8 Å². The fourth-order valence-corrected chi connectivity index (χ4v) is 1.80. The summed E-state index contributed by atoms with van der Waals surface area (Å²) in [5.41, 5.74) is 0. The molecule has 1 N–H and O–H groups in total. The van der Waals surface area contributed by atoms with Crippen molar-refractivity contribution >= 4 is 29.1 Å². The molecule has 0 spiro atoms. The summed E-state index contributed by atoms with van der Waals surface area (Å²) in [7, 11) is 0. The smallest absolute Gasteiger partial charge is 0.260 e. The first-order valence-corrected chi connectivity index (χ1v) is 6.69. The molecule has 1 amide bonds. The maximum Gasteiger partial charge on any atom is 0.260 e. The largest absolute Gasteiger partial charge is 0.479 e. The highest BCUT2D eigenvalue weighted by molar-refractivity contribution is 6.35. The zero-order chi connectivity index (χ0) is 13.5. The SMILES string of the molecule is CCCCNC(=O)C(C)Oc1ccc(Cl)cc1Cl. The van der Waals surface area contributed by atoms with Crippen molar-refractivity contribution in [3.8, 4) is 5.75 Å². The van der Waals surface area contributed by atoms with Crippen LogP contribution in [0, 0.1) is 0 Å². The molecule has 1 aromatic rings. The van der Waals surface area contributed by atoms with E-state index in [0.29, 0.717) is 22.3 Å². The molecule has 0 aliphatic rings. The van der Waals surface area contributed by atoms with Gasteiger partial charge in [-0.1, -0.05) is 36.5 Å². The Hall–Kier alpha value is -0.930. The van der Waals surface area contributed by atoms with Crippen molar-refractivity contribution in [2.24, 2.45) is 0 Å². The van der Waals surface area contributed by atoms with E-state index in [9.17, 15) is 4.79 Å². The normalized spacial score (nSPS) is 12.0. The molecule has 0 aliphatic heterocycles. The summed E-state index contributed by atoms with van der Waals surface area (Å²) in [5, 5.41) is 3.73. The molecule has 0 heterocycles. The van der Waals surface area contributed by atoms with Gasteiger partial charge in [0.15, 0.2) is 6.10 Å². The Labute approximate surface area is 117 Å². The second-order valence-electron chi connectivity index (χ2n) is 3.98. The van der Waals surface area contributed by atoms with Gasteiger partial charge in [0.2, 0.25) is 0 Å². The summed E-state index contributed by atoms with van der Waals surface area (Å²) in [6, 6.07) is 4.91. The summed E-state index contributed by atoms with van der Waals surface area (Å²) in [6.45, 7) is 4.42. The number of nitrogens with one attached hydrogen (secondary N) is 1. The predicted molar refractivity (Wildman–Crippen MR) is 74.5 cm³/mol. The van der Waals surface area contributed by atoms with E-state index in [1.807, 2.05) is 0 Å². The lowest BCUT2D eigenvalue weighted by atomic mass is 10.3. The van der Waals surface area contributed by atoms with Crippen LogP contribution in [-0.2, 0) is 4.79 Å². The van der Waals surface area contributed by atoms with Crippen LogP contribution in [0.2, 0.25) is 10.0 Å². The lowest BCUT2D eigenvalue weighted by molar-refractivity contribution is -0.127. The molecule has 18 heavy (non-hydrogen) atoms. The molecule has 1 rings (SSSR count). The number of ether oxygens (including phenoxy) is 1. The molecule has 0 saturated carbocycles. The highest BCUT2D eigenvalue weighted by Crippen LogP contribution is 2.28. The summed E-state index contributed by atoms with van der Waals surface area (Å²) in [6.07, 6.45) is 1.42. The van der Waals surface area contributed by atoms with Crippen molar-refractivity contribution < 1.29 is 9.53 Å². The number of carbonyl (C=O) groups is 1. The number of hydrogen-bond donors (Lipinski definition) is 1. The quantitative estimate of drug-likeness (QED) is 0.812. The fraction of sp³-hybridized carbons (Fsp3) is 0.462. The first kappa shape index (κ1) is 15.1. The first-order valence-electron chi connectivity index (χ1n) is 5.94. The second kappa shape index (κ2) is 7.49. The van der Waals surface area contributed by atoms with Crippen LogP contribution in [-0.4, -0.2) is 18.6 Å². The van der Waals surface area contributed by atoms with Crippen molar-refractivity contribution in [2.75, 3.05) is 6.54 Å². The van der Waals surface area contributed by atoms with Gasteiger partial charge >= 0.3 is 0 Å². The fourth-order valence-electron chi connectivity index (χ4n) is 1.35. The van der Waals surface area contributed by atoms with E-state index in [2.05, 4.69) is 12.2 Å². The maximum absolute atomic E-state index is 11.7. The van der Waals surface area contributed by atoms with E-state index in [1.54, 1.807) is 25.1 Å². The molecule has 1 aromatic carbocycles. The van der Waals surface area contributed by atoms with Crippen LogP contribution < -0.4 is 10.1 Å². The van der Waals surface area contributed by atoms with Crippen LogP contribution in [0.25, 0.3) is 0 Å². The van der Waals surface area contributed by atoms with E-state index < -0.39 is 6.10 Å². The third kappa shape index (κ3) is 4.75. The molecule has 0 radical (unpaired) electrons. The summed E-state index contributed by atoms with van der Waals surface area (Å²) < 4.78 is 5.49. The molecule has 100 valence electrons. The molecular weight excluding hydrogens is 273 g/mol. The molecule has 5 heteroatoms. The molecule has 1 unspecified atom stereocenters. The van der Waals surface area contributed by atoms with Gasteiger partial charge in [0.1, 0.15) is 5.75 Å². The molecule has 0 aliphatic carbocycles. The molecule has 0 bridgehead atoms. The number of carbonyl (C=O) groups excluding carboxylic acids is 1. The van der Waals surface area contributed by atoms with E-state index >= 15 is 0 Å². The molecule has 0 aromatic heterocycles. The maximum atomic E-state index is 11.7. The molecule has 1 atom stereocenters. The lowest BCUT2D eigenvalue weighted by Crippen LogP contribution is -2.36. The number of halogens is 2. The number of rotatable bonds is 6. The standard InChI is InChI=1S/C13H17Cl2NO2/c1-3-4-7-16-13(17)9(2)18-12-6-5-10(14)8-11(12)15/h5-6,8-9H,3-4,7H2,1-2H3,(H,16,17). The van der Waals surface area contributed by atoms with Crippen LogP contribution in [0.4, 0.5) is 0 Å². The van der Waals surface area contributed by atoms with Gasteiger partial charge in [-0.3, -0.25) is 4.79 Å². The van der Waals surface area contributed by atoms with Crippen molar-refractivity contribution in [3.05, 3.63) is 28.2 Å². The third-order valence-corrected chi connectivity index (χ3v) is 2.93. The van der Waals surface area contributed by atoms with Gasteiger partial charge in [-0.2, -0.15) is 0 Å². The zero-order valence-electron chi connectivity index (χ0n) is 10.5. The Balaban J connectivity index is 2.53. The Bertz CT molecular complexity index is 410. The van der Waals surface area contributed by atoms with E-state index in [1.165, 1.54) is 0 Å². The molecular formula is C13H17Cl2NO2. The molecule has 0 saturated heterocycles. The monoisotopic (exact) mass is 289 g/mol. The van der Waals surface area contributed by atoms with Crippen molar-refractivity contribution in [1.29, 1.82) is 0 Å². The average Bonchev–Trinajstić information content (AvgIpc) is 2.32. The summed E-state index contributed by atoms with van der Waals surface area (Å²) in [5.74, 6) is 0.314. The topological polar surface area (TPSA) is 38.3 Å². The van der Waals surface area contributed by atoms with Crippen molar-refractivity contribution in [1.82, 2.24) is 5.32 Å². The zero-order valence-corrected chi connectivity index (χ0v) is 12.0. The second-order valence-corrected chi connectivity index (χ2v) is 4.82. The minimum Gasteiger partial charge on any atom is -0.479 e. The third-order valence-electron chi connectivity index (χ3n) is 2.40. The Morgan fingerprint density at radius 2 is 2.17 bits per heavy atom. The van der Waals surface area contributed by atoms with Gasteiger partial charge in [0, 0.05) is 11.6 Å². The van der Waals surface area contributed by atoms with Gasteiger partial charge < -0.3 is 10.1 Å². The molecule has 0 fully saturated rings. The summed E-state index contributed by atoms with van der Waals surface area (Å²) in [4.78, 5) is 11.7. The van der Waals surface area contributed by atoms with Gasteiger partial charge in [-0.25, -0.2) is 0 Å². The van der Waals surface area contributed by atoms with Gasteiger partial charge in [-0.15, -0.1) is 0 Å². The first-order chi connectivity index (χ1) is 8.54. The number of amides is 1. The van der Waals surface area contributed by atoms with Crippen LogP contribution in [0.5, 0.6) is 5.75 Å². The number of benzene rings is 1. The lowest BCUT2D eigenvalue weighted by Gasteiger charge is -2.15. The molecule has 3 nitrogen and oxygen atoms in total. The summed E-state index contributed by atoms with van der Waals surface area (Å²) >= 11 is 11.7. The minimum absolute atomic E-state index is 0.144. The van der Waals surface area contributed by atoms with Gasteiger partial charge in [-0.05, 0) is 31.5 Å². The van der Waals surface area contributed by atoms with Crippen LogP contribution in [0.1, 0.15) is 26.7 Å². The Morgan fingerprint density at radius 3 is 2.78 bits per heavy atom. The highest BCUT2D eigenvalue weighted by Gasteiger charge is 2.15. The van der Waals surface area contributed by atoms with Gasteiger partial charge in [0.05, 0.1) is 5.02 Å². The minimum atomic E-state index is -0.583. The predicted octanol–water partition coefficient (Wildman–Crippen LogP) is 3.68. The highest BCUT2D eigenvalue weighted by atomic mass is 35.5. The Morgan fingerprint density at radius 1 is 1.44 bits per heavy atom. The van der Waals surface area contributed by atoms with Crippen LogP contribution in [0.3, 0.4) is 0 Å². The van der Waals surface area contributed by atoms with Crippen molar-refractivity contribution in [3.63, 3.8) is 0 Å². The number of hydrogen-bond acceptors (Lipinski definition) is 2. The Kier molecular flexibility index (Phi) is 6.30. The van der Waals surface area contributed by atoms with Crippen LogP contribution in [0.15, 0.2) is 18.2 Å².